The first-order valence-corrected chi connectivity index (χ1v) is 14.7. The lowest BCUT2D eigenvalue weighted by Crippen LogP contribution is -2.15. The standard InChI is InChI=1S/C41H28O/c1-41(2)35-24-28(21-22-33(35)40-39(41)34-17-9-10-18-36(34)42-40)38-31-15-7-5-13-29(31)37(30-14-6-8-16-32(30)38)27-20-19-25-11-3-4-12-26(25)23-27/h3-24H,1-2H3. The molecule has 1 heterocycles. The van der Waals surface area contributed by atoms with E-state index in [-0.39, 0.29) is 5.41 Å². The van der Waals surface area contributed by atoms with Gasteiger partial charge in [0.05, 0.1) is 0 Å². The lowest BCUT2D eigenvalue weighted by molar-refractivity contribution is 0.619. The summed E-state index contributed by atoms with van der Waals surface area (Å²) >= 11 is 0. The van der Waals surface area contributed by atoms with Crippen molar-refractivity contribution in [3.05, 3.63) is 145 Å². The molecule has 7 aromatic carbocycles. The predicted molar refractivity (Wildman–Crippen MR) is 177 cm³/mol. The molecule has 0 bridgehead atoms. The van der Waals surface area contributed by atoms with E-state index in [0.717, 1.165) is 11.3 Å². The van der Waals surface area contributed by atoms with Crippen molar-refractivity contribution in [1.29, 1.82) is 0 Å². The first-order chi connectivity index (χ1) is 20.6. The fourth-order valence-electron chi connectivity index (χ4n) is 7.50. The molecule has 9 rings (SSSR count). The highest BCUT2D eigenvalue weighted by Crippen LogP contribution is 2.54. The zero-order valence-corrected chi connectivity index (χ0v) is 23.6. The first-order valence-electron chi connectivity index (χ1n) is 14.7. The lowest BCUT2D eigenvalue weighted by atomic mass is 9.79. The van der Waals surface area contributed by atoms with Crippen LogP contribution in [-0.2, 0) is 5.41 Å². The van der Waals surface area contributed by atoms with Gasteiger partial charge in [-0.15, -0.1) is 0 Å². The molecule has 0 amide bonds. The van der Waals surface area contributed by atoms with Gasteiger partial charge >= 0.3 is 0 Å². The van der Waals surface area contributed by atoms with Crippen LogP contribution < -0.4 is 0 Å². The average molecular weight is 537 g/mol. The van der Waals surface area contributed by atoms with Crippen LogP contribution in [0.1, 0.15) is 25.0 Å². The minimum Gasteiger partial charge on any atom is -0.456 e. The zero-order valence-electron chi connectivity index (χ0n) is 23.6. The van der Waals surface area contributed by atoms with E-state index in [2.05, 4.69) is 147 Å². The second kappa shape index (κ2) is 8.44. The third-order valence-corrected chi connectivity index (χ3v) is 9.42. The van der Waals surface area contributed by atoms with E-state index < -0.39 is 0 Å². The molecule has 0 saturated heterocycles. The maximum Gasteiger partial charge on any atom is 0.139 e. The molecule has 0 aliphatic heterocycles. The van der Waals surface area contributed by atoms with E-state index >= 15 is 0 Å². The third kappa shape index (κ3) is 3.14. The van der Waals surface area contributed by atoms with Crippen LogP contribution in [0.4, 0.5) is 0 Å². The quantitative estimate of drug-likeness (QED) is 0.200. The summed E-state index contributed by atoms with van der Waals surface area (Å²) in [6.07, 6.45) is 0. The fourth-order valence-corrected chi connectivity index (χ4v) is 7.50. The molecule has 8 aromatic rings. The van der Waals surface area contributed by atoms with Gasteiger partial charge < -0.3 is 4.42 Å². The van der Waals surface area contributed by atoms with E-state index in [0.29, 0.717) is 0 Å². The first kappa shape index (κ1) is 23.6. The molecule has 198 valence electrons. The Morgan fingerprint density at radius 2 is 1.00 bits per heavy atom. The Bertz CT molecular complexity index is 2330. The predicted octanol–water partition coefficient (Wildman–Crippen LogP) is 11.5. The summed E-state index contributed by atoms with van der Waals surface area (Å²) in [6.45, 7) is 4.67. The van der Waals surface area contributed by atoms with E-state index in [4.69, 9.17) is 4.42 Å². The van der Waals surface area contributed by atoms with E-state index in [1.54, 1.807) is 0 Å². The van der Waals surface area contributed by atoms with Gasteiger partial charge in [0, 0.05) is 21.9 Å². The Labute approximate surface area is 244 Å². The molecule has 0 saturated carbocycles. The van der Waals surface area contributed by atoms with Gasteiger partial charge in [-0.3, -0.25) is 0 Å². The normalized spacial score (nSPS) is 13.7. The third-order valence-electron chi connectivity index (χ3n) is 9.42. The average Bonchev–Trinajstić information content (AvgIpc) is 3.52. The molecule has 0 radical (unpaired) electrons. The maximum absolute atomic E-state index is 6.45. The number of para-hydroxylation sites is 1. The van der Waals surface area contributed by atoms with Crippen molar-refractivity contribution < 1.29 is 4.42 Å². The molecule has 0 unspecified atom stereocenters. The summed E-state index contributed by atoms with van der Waals surface area (Å²) in [5.74, 6) is 1.02. The number of benzene rings is 7. The highest BCUT2D eigenvalue weighted by molar-refractivity contribution is 6.21. The van der Waals surface area contributed by atoms with E-state index in [9.17, 15) is 0 Å². The van der Waals surface area contributed by atoms with Crippen LogP contribution in [0.3, 0.4) is 0 Å². The van der Waals surface area contributed by atoms with E-state index in [1.807, 2.05) is 0 Å². The fraction of sp³-hybridized carbons (Fsp3) is 0.0732. The van der Waals surface area contributed by atoms with Crippen LogP contribution in [0.25, 0.3) is 76.9 Å². The van der Waals surface area contributed by atoms with E-state index in [1.165, 1.54) is 76.6 Å². The highest BCUT2D eigenvalue weighted by Gasteiger charge is 2.40. The Hall–Kier alpha value is -5.14. The number of fused-ring (bicyclic) bond motifs is 8. The summed E-state index contributed by atoms with van der Waals surface area (Å²) in [4.78, 5) is 0. The largest absolute Gasteiger partial charge is 0.456 e. The second-order valence-corrected chi connectivity index (χ2v) is 12.1. The summed E-state index contributed by atoms with van der Waals surface area (Å²) in [6, 6.07) is 48.7. The smallest absolute Gasteiger partial charge is 0.139 e. The maximum atomic E-state index is 6.45. The molecule has 0 spiro atoms. The molecule has 1 aromatic heterocycles. The van der Waals surface area contributed by atoms with Gasteiger partial charge in [-0.1, -0.05) is 129 Å². The summed E-state index contributed by atoms with van der Waals surface area (Å²) in [7, 11) is 0. The van der Waals surface area contributed by atoms with Crippen LogP contribution in [0, 0.1) is 0 Å². The van der Waals surface area contributed by atoms with Crippen LogP contribution in [-0.4, -0.2) is 0 Å². The van der Waals surface area contributed by atoms with Gasteiger partial charge in [0.15, 0.2) is 0 Å². The van der Waals surface area contributed by atoms with Gasteiger partial charge in [-0.05, 0) is 78.3 Å². The SMILES string of the molecule is CC1(C)c2cc(-c3c4ccccc4c(-c4ccc5ccccc5c4)c4ccccc34)ccc2-c2oc3ccccc3c21. The lowest BCUT2D eigenvalue weighted by Gasteiger charge is -2.23. The van der Waals surface area contributed by atoms with Crippen molar-refractivity contribution >= 4 is 43.3 Å². The number of furan rings is 1. The van der Waals surface area contributed by atoms with Crippen molar-refractivity contribution in [2.24, 2.45) is 0 Å². The monoisotopic (exact) mass is 536 g/mol. The summed E-state index contributed by atoms with van der Waals surface area (Å²) in [5.41, 5.74) is 9.71. The van der Waals surface area contributed by atoms with Crippen LogP contribution >= 0.6 is 0 Å². The van der Waals surface area contributed by atoms with Crippen LogP contribution in [0.5, 0.6) is 0 Å². The second-order valence-electron chi connectivity index (χ2n) is 12.1. The van der Waals surface area contributed by atoms with Gasteiger partial charge in [0.25, 0.3) is 0 Å². The number of hydrogen-bond donors (Lipinski definition) is 0. The minimum atomic E-state index is -0.163. The zero-order chi connectivity index (χ0) is 28.0. The summed E-state index contributed by atoms with van der Waals surface area (Å²) < 4.78 is 6.45. The molecule has 0 atom stereocenters. The summed E-state index contributed by atoms with van der Waals surface area (Å²) in [5, 5.41) is 8.84. The topological polar surface area (TPSA) is 13.1 Å². The van der Waals surface area contributed by atoms with Crippen molar-refractivity contribution in [3.63, 3.8) is 0 Å². The molecular formula is C41H28O. The van der Waals surface area contributed by atoms with Crippen molar-refractivity contribution in [2.75, 3.05) is 0 Å². The molecule has 1 aliphatic carbocycles. The van der Waals surface area contributed by atoms with Gasteiger partial charge in [-0.25, -0.2) is 0 Å². The van der Waals surface area contributed by atoms with Crippen molar-refractivity contribution in [1.82, 2.24) is 0 Å². The van der Waals surface area contributed by atoms with Gasteiger partial charge in [0.1, 0.15) is 11.3 Å². The van der Waals surface area contributed by atoms with Crippen molar-refractivity contribution in [3.8, 4) is 33.6 Å². The Balaban J connectivity index is 1.33. The molecule has 0 fully saturated rings. The van der Waals surface area contributed by atoms with Crippen molar-refractivity contribution in [2.45, 2.75) is 19.3 Å². The van der Waals surface area contributed by atoms with Crippen LogP contribution in [0.2, 0.25) is 0 Å². The molecular weight excluding hydrogens is 508 g/mol. The Morgan fingerprint density at radius 3 is 1.67 bits per heavy atom. The van der Waals surface area contributed by atoms with Crippen LogP contribution in [0.15, 0.2) is 138 Å². The number of rotatable bonds is 2. The molecule has 0 N–H and O–H groups in total. The van der Waals surface area contributed by atoms with Gasteiger partial charge in [-0.2, -0.15) is 0 Å². The molecule has 1 heteroatoms. The Morgan fingerprint density at radius 1 is 0.476 bits per heavy atom. The molecule has 1 aliphatic rings. The minimum absolute atomic E-state index is 0.163. The molecule has 1 nitrogen and oxygen atoms in total. The highest BCUT2D eigenvalue weighted by atomic mass is 16.3. The number of hydrogen-bond acceptors (Lipinski definition) is 1. The molecule has 42 heavy (non-hydrogen) atoms. The van der Waals surface area contributed by atoms with Gasteiger partial charge in [0.2, 0.25) is 0 Å². The Kier molecular flexibility index (Phi) is 4.73.